The average Bonchev–Trinajstić information content (AvgIpc) is 2.69. The van der Waals surface area contributed by atoms with Gasteiger partial charge in [-0.3, -0.25) is 9.59 Å². The number of amides is 1. The third-order valence-corrected chi connectivity index (χ3v) is 4.40. The Labute approximate surface area is 121 Å². The number of carbonyl (C=O) groups is 2. The number of hydrogen-bond acceptors (Lipinski definition) is 3. The van der Waals surface area contributed by atoms with Crippen LogP contribution in [0.3, 0.4) is 0 Å². The van der Waals surface area contributed by atoms with Crippen molar-refractivity contribution < 1.29 is 14.7 Å². The Morgan fingerprint density at radius 1 is 1.25 bits per heavy atom. The van der Waals surface area contributed by atoms with Gasteiger partial charge in [-0.15, -0.1) is 0 Å². The highest BCUT2D eigenvalue weighted by atomic mass is 16.4. The first-order chi connectivity index (χ1) is 9.50. The van der Waals surface area contributed by atoms with Crippen LogP contribution in [0.5, 0.6) is 0 Å². The maximum absolute atomic E-state index is 11.8. The van der Waals surface area contributed by atoms with E-state index in [0.717, 1.165) is 32.1 Å². The molecule has 0 aliphatic heterocycles. The molecule has 0 aromatic rings. The number of aliphatic carboxylic acids is 1. The molecule has 20 heavy (non-hydrogen) atoms. The lowest BCUT2D eigenvalue weighted by atomic mass is 9.80. The Morgan fingerprint density at radius 3 is 2.35 bits per heavy atom. The molecule has 0 aromatic heterocycles. The van der Waals surface area contributed by atoms with Gasteiger partial charge >= 0.3 is 5.97 Å². The van der Waals surface area contributed by atoms with E-state index in [1.165, 1.54) is 0 Å². The van der Waals surface area contributed by atoms with E-state index in [4.69, 9.17) is 5.73 Å². The van der Waals surface area contributed by atoms with Crippen molar-refractivity contribution in [2.24, 2.45) is 17.1 Å². The van der Waals surface area contributed by atoms with Gasteiger partial charge in [0.05, 0.1) is 5.41 Å². The van der Waals surface area contributed by atoms with Crippen molar-refractivity contribution in [1.82, 2.24) is 5.32 Å². The Hall–Kier alpha value is -1.10. The van der Waals surface area contributed by atoms with Gasteiger partial charge in [0.2, 0.25) is 5.91 Å². The summed E-state index contributed by atoms with van der Waals surface area (Å²) in [6, 6.07) is 0. The highest BCUT2D eigenvalue weighted by Crippen LogP contribution is 2.34. The third-order valence-electron chi connectivity index (χ3n) is 4.40. The Balaban J connectivity index is 2.46. The van der Waals surface area contributed by atoms with Crippen molar-refractivity contribution in [2.45, 2.75) is 58.3 Å². The molecule has 1 aliphatic rings. The van der Waals surface area contributed by atoms with Crippen molar-refractivity contribution in [1.29, 1.82) is 0 Å². The third kappa shape index (κ3) is 5.12. The summed E-state index contributed by atoms with van der Waals surface area (Å²) < 4.78 is 0. The van der Waals surface area contributed by atoms with Gasteiger partial charge < -0.3 is 16.2 Å². The maximum atomic E-state index is 11.8. The number of carbonyl (C=O) groups excluding carboxylic acids is 1. The minimum Gasteiger partial charge on any atom is -0.481 e. The summed E-state index contributed by atoms with van der Waals surface area (Å²) in [7, 11) is 0. The number of nitrogens with one attached hydrogen (secondary N) is 1. The molecule has 1 atom stereocenters. The van der Waals surface area contributed by atoms with Gasteiger partial charge in [-0.25, -0.2) is 0 Å². The number of rotatable bonds is 7. The van der Waals surface area contributed by atoms with E-state index in [0.29, 0.717) is 31.7 Å². The predicted molar refractivity (Wildman–Crippen MR) is 78.2 cm³/mol. The molecular formula is C15H28N2O3. The summed E-state index contributed by atoms with van der Waals surface area (Å²) in [5, 5.41) is 12.3. The van der Waals surface area contributed by atoms with Crippen molar-refractivity contribution in [3.63, 3.8) is 0 Å². The van der Waals surface area contributed by atoms with Crippen molar-refractivity contribution in [2.75, 3.05) is 13.1 Å². The highest BCUT2D eigenvalue weighted by Gasteiger charge is 2.38. The summed E-state index contributed by atoms with van der Waals surface area (Å²) in [5.74, 6) is -0.503. The summed E-state index contributed by atoms with van der Waals surface area (Å²) in [5.41, 5.74) is 4.76. The van der Waals surface area contributed by atoms with Crippen LogP contribution in [-0.4, -0.2) is 30.1 Å². The number of nitrogens with two attached hydrogens (primary N) is 1. The normalized spacial score (nSPS) is 19.9. The van der Waals surface area contributed by atoms with Crippen LogP contribution in [0.4, 0.5) is 0 Å². The standard InChI is InChI=1S/C15H28N2O3/c1-12(10-16)6-7-13(18)17-11-15(14(19)20)8-4-2-3-5-9-15/h12H,2-11,16H2,1H3,(H,17,18)(H,19,20). The largest absolute Gasteiger partial charge is 0.481 e. The first-order valence-electron chi connectivity index (χ1n) is 7.70. The SMILES string of the molecule is CC(CN)CCC(=O)NCC1(C(=O)O)CCCCCC1. The molecule has 1 saturated carbocycles. The van der Waals surface area contributed by atoms with E-state index in [-0.39, 0.29) is 12.5 Å². The summed E-state index contributed by atoms with van der Waals surface area (Å²) in [6.07, 6.45) is 6.58. The molecule has 0 aromatic carbocycles. The Bertz CT molecular complexity index is 323. The van der Waals surface area contributed by atoms with E-state index in [1.807, 2.05) is 6.92 Å². The van der Waals surface area contributed by atoms with Gasteiger partial charge in [0.15, 0.2) is 0 Å². The minimum absolute atomic E-state index is 0.0600. The predicted octanol–water partition coefficient (Wildman–Crippen LogP) is 1.90. The second kappa shape index (κ2) is 8.25. The molecule has 1 aliphatic carbocycles. The lowest BCUT2D eigenvalue weighted by molar-refractivity contribution is -0.149. The van der Waals surface area contributed by atoms with Crippen molar-refractivity contribution in [3.05, 3.63) is 0 Å². The topological polar surface area (TPSA) is 92.4 Å². The van der Waals surface area contributed by atoms with Crippen LogP contribution >= 0.6 is 0 Å². The summed E-state index contributed by atoms with van der Waals surface area (Å²) in [4.78, 5) is 23.4. The fourth-order valence-electron chi connectivity index (χ4n) is 2.72. The monoisotopic (exact) mass is 284 g/mol. The zero-order chi connectivity index (χ0) is 15.0. The zero-order valence-corrected chi connectivity index (χ0v) is 12.5. The fraction of sp³-hybridized carbons (Fsp3) is 0.867. The van der Waals surface area contributed by atoms with E-state index >= 15 is 0 Å². The molecule has 116 valence electrons. The van der Waals surface area contributed by atoms with E-state index < -0.39 is 11.4 Å². The molecule has 5 heteroatoms. The molecule has 0 bridgehead atoms. The molecule has 1 amide bonds. The van der Waals surface area contributed by atoms with Gasteiger partial charge in [-0.05, 0) is 31.7 Å². The van der Waals surface area contributed by atoms with Gasteiger partial charge in [0.1, 0.15) is 0 Å². The first-order valence-corrected chi connectivity index (χ1v) is 7.70. The maximum Gasteiger partial charge on any atom is 0.311 e. The molecule has 1 fully saturated rings. The van der Waals surface area contributed by atoms with E-state index in [1.54, 1.807) is 0 Å². The molecule has 0 spiro atoms. The van der Waals surface area contributed by atoms with Crippen molar-refractivity contribution in [3.8, 4) is 0 Å². The molecule has 5 nitrogen and oxygen atoms in total. The summed E-state index contributed by atoms with van der Waals surface area (Å²) >= 11 is 0. The van der Waals surface area contributed by atoms with E-state index in [2.05, 4.69) is 5.32 Å². The van der Waals surface area contributed by atoms with E-state index in [9.17, 15) is 14.7 Å². The molecule has 0 saturated heterocycles. The smallest absolute Gasteiger partial charge is 0.311 e. The number of hydrogen-bond donors (Lipinski definition) is 3. The van der Waals surface area contributed by atoms with Crippen LogP contribution in [0.1, 0.15) is 58.3 Å². The Morgan fingerprint density at radius 2 is 1.85 bits per heavy atom. The molecule has 0 heterocycles. The average molecular weight is 284 g/mol. The molecule has 1 rings (SSSR count). The van der Waals surface area contributed by atoms with Gasteiger partial charge in [0.25, 0.3) is 0 Å². The molecule has 1 unspecified atom stereocenters. The zero-order valence-electron chi connectivity index (χ0n) is 12.5. The second-order valence-electron chi connectivity index (χ2n) is 6.16. The lowest BCUT2D eigenvalue weighted by Gasteiger charge is -2.28. The highest BCUT2D eigenvalue weighted by molar-refractivity contribution is 5.79. The molecule has 4 N–H and O–H groups in total. The lowest BCUT2D eigenvalue weighted by Crippen LogP contribution is -2.43. The van der Waals surface area contributed by atoms with Crippen LogP contribution in [0.25, 0.3) is 0 Å². The van der Waals surface area contributed by atoms with Crippen LogP contribution in [-0.2, 0) is 9.59 Å². The summed E-state index contributed by atoms with van der Waals surface area (Å²) in [6.45, 7) is 2.85. The molecular weight excluding hydrogens is 256 g/mol. The molecule has 0 radical (unpaired) electrons. The van der Waals surface area contributed by atoms with Crippen LogP contribution in [0, 0.1) is 11.3 Å². The van der Waals surface area contributed by atoms with Gasteiger partial charge in [-0.2, -0.15) is 0 Å². The number of carboxylic acids is 1. The fourth-order valence-corrected chi connectivity index (χ4v) is 2.72. The first kappa shape index (κ1) is 17.0. The second-order valence-corrected chi connectivity index (χ2v) is 6.16. The minimum atomic E-state index is -0.768. The van der Waals surface area contributed by atoms with Crippen molar-refractivity contribution >= 4 is 11.9 Å². The number of carboxylic acid groups (broad SMARTS) is 1. The quantitative estimate of drug-likeness (QED) is 0.623. The van der Waals surface area contributed by atoms with Crippen LogP contribution in [0.2, 0.25) is 0 Å². The van der Waals surface area contributed by atoms with Gasteiger partial charge in [-0.1, -0.05) is 32.6 Å². The van der Waals surface area contributed by atoms with Crippen LogP contribution in [0.15, 0.2) is 0 Å². The van der Waals surface area contributed by atoms with Gasteiger partial charge in [0, 0.05) is 13.0 Å². The Kier molecular flexibility index (Phi) is 6.99. The van der Waals surface area contributed by atoms with Crippen LogP contribution < -0.4 is 11.1 Å².